The molecule has 1 aliphatic rings. The van der Waals surface area contributed by atoms with Crippen molar-refractivity contribution in [3.63, 3.8) is 0 Å². The molecule has 0 bridgehead atoms. The van der Waals surface area contributed by atoms with Crippen LogP contribution in [0, 0.1) is 5.92 Å². The van der Waals surface area contributed by atoms with Crippen LogP contribution in [0.3, 0.4) is 0 Å². The predicted molar refractivity (Wildman–Crippen MR) is 62.8 cm³/mol. The number of ether oxygens (including phenoxy) is 2. The molecule has 2 atom stereocenters. The summed E-state index contributed by atoms with van der Waals surface area (Å²) in [6.45, 7) is 2.50. The highest BCUT2D eigenvalue weighted by atomic mass is 16.7. The molecule has 94 valence electrons. The molecule has 0 aliphatic heterocycles. The van der Waals surface area contributed by atoms with Crippen molar-refractivity contribution in [3.05, 3.63) is 0 Å². The van der Waals surface area contributed by atoms with Crippen LogP contribution in [0.1, 0.15) is 45.4 Å². The van der Waals surface area contributed by atoms with E-state index in [9.17, 15) is 0 Å². The Labute approximate surface area is 97.6 Å². The first-order valence-electron chi connectivity index (χ1n) is 6.14. The summed E-state index contributed by atoms with van der Waals surface area (Å²) in [5.74, 6) is 0.272. The zero-order valence-corrected chi connectivity index (χ0v) is 10.3. The summed E-state index contributed by atoms with van der Waals surface area (Å²) in [6, 6.07) is 0. The molecule has 0 aromatic heterocycles. The van der Waals surface area contributed by atoms with Gasteiger partial charge in [-0.3, -0.25) is 0 Å². The van der Waals surface area contributed by atoms with Gasteiger partial charge in [-0.25, -0.2) is 0 Å². The fourth-order valence-electron chi connectivity index (χ4n) is 2.34. The first kappa shape index (κ1) is 13.5. The maximum absolute atomic E-state index is 9.01. The van der Waals surface area contributed by atoms with Crippen molar-refractivity contribution in [2.75, 3.05) is 13.9 Å². The van der Waals surface area contributed by atoms with E-state index in [0.717, 1.165) is 44.2 Å². The summed E-state index contributed by atoms with van der Waals surface area (Å²) in [4.78, 5) is 0. The molecular formula is C12H23NO3. The molecule has 1 N–H and O–H groups in total. The SMILES string of the molecule is CCCC[C@@H]1/C(=N/O)CCC[C@H]1OCOC. The van der Waals surface area contributed by atoms with Gasteiger partial charge in [0.25, 0.3) is 0 Å². The minimum absolute atomic E-state index is 0.158. The first-order valence-corrected chi connectivity index (χ1v) is 6.14. The average Bonchev–Trinajstić information content (AvgIpc) is 2.33. The summed E-state index contributed by atoms with van der Waals surface area (Å²) in [5.41, 5.74) is 0.904. The molecule has 4 nitrogen and oxygen atoms in total. The summed E-state index contributed by atoms with van der Waals surface area (Å²) < 4.78 is 10.6. The fraction of sp³-hybridized carbons (Fsp3) is 0.917. The Morgan fingerprint density at radius 1 is 1.50 bits per heavy atom. The van der Waals surface area contributed by atoms with Gasteiger partial charge in [0.05, 0.1) is 11.8 Å². The van der Waals surface area contributed by atoms with Gasteiger partial charge >= 0.3 is 0 Å². The van der Waals surface area contributed by atoms with Crippen molar-refractivity contribution in [3.8, 4) is 0 Å². The average molecular weight is 229 g/mol. The standard InChI is InChI=1S/C12H23NO3/c1-3-4-6-10-11(13-14)7-5-8-12(10)16-9-15-2/h10,12,14H,3-9H2,1-2H3/b13-11+/t10-,12-/m1/s1. The van der Waals surface area contributed by atoms with Crippen LogP contribution in [0.4, 0.5) is 0 Å². The van der Waals surface area contributed by atoms with Crippen LogP contribution in [-0.2, 0) is 9.47 Å². The number of rotatable bonds is 6. The van der Waals surface area contributed by atoms with Crippen molar-refractivity contribution in [1.82, 2.24) is 0 Å². The molecule has 0 amide bonds. The van der Waals surface area contributed by atoms with E-state index in [4.69, 9.17) is 14.7 Å². The summed E-state index contributed by atoms with van der Waals surface area (Å²) in [7, 11) is 1.63. The second-order valence-corrected chi connectivity index (χ2v) is 4.34. The van der Waals surface area contributed by atoms with Gasteiger partial charge in [0.2, 0.25) is 0 Å². The van der Waals surface area contributed by atoms with E-state index >= 15 is 0 Å². The lowest BCUT2D eigenvalue weighted by atomic mass is 9.81. The second-order valence-electron chi connectivity index (χ2n) is 4.34. The minimum atomic E-state index is 0.158. The van der Waals surface area contributed by atoms with Crippen LogP contribution < -0.4 is 0 Å². The third kappa shape index (κ3) is 3.76. The van der Waals surface area contributed by atoms with Crippen molar-refractivity contribution in [2.45, 2.75) is 51.6 Å². The fourth-order valence-corrected chi connectivity index (χ4v) is 2.34. The van der Waals surface area contributed by atoms with Gasteiger partial charge in [0, 0.05) is 13.0 Å². The van der Waals surface area contributed by atoms with Gasteiger partial charge in [-0.1, -0.05) is 24.9 Å². The van der Waals surface area contributed by atoms with E-state index < -0.39 is 0 Å². The van der Waals surface area contributed by atoms with Crippen LogP contribution in [0.5, 0.6) is 0 Å². The van der Waals surface area contributed by atoms with Gasteiger partial charge in [0.1, 0.15) is 6.79 Å². The molecule has 4 heteroatoms. The maximum atomic E-state index is 9.01. The summed E-state index contributed by atoms with van der Waals surface area (Å²) in [6.07, 6.45) is 6.49. The number of hydrogen-bond acceptors (Lipinski definition) is 4. The Balaban J connectivity index is 2.55. The Hall–Kier alpha value is -0.610. The molecule has 0 radical (unpaired) electrons. The Bertz CT molecular complexity index is 218. The van der Waals surface area contributed by atoms with E-state index in [2.05, 4.69) is 12.1 Å². The molecule has 0 saturated heterocycles. The predicted octanol–water partition coefficient (Wildman–Crippen LogP) is 2.80. The zero-order chi connectivity index (χ0) is 11.8. The van der Waals surface area contributed by atoms with Crippen molar-refractivity contribution >= 4 is 5.71 Å². The quantitative estimate of drug-likeness (QED) is 0.433. The third-order valence-electron chi connectivity index (χ3n) is 3.20. The molecule has 0 aromatic carbocycles. The lowest BCUT2D eigenvalue weighted by Gasteiger charge is -2.31. The van der Waals surface area contributed by atoms with Crippen molar-refractivity contribution < 1.29 is 14.7 Å². The normalized spacial score (nSPS) is 28.5. The summed E-state index contributed by atoms with van der Waals surface area (Å²) in [5, 5.41) is 12.4. The Kier molecular flexibility index (Phi) is 6.42. The topological polar surface area (TPSA) is 51.1 Å². The Morgan fingerprint density at radius 2 is 2.31 bits per heavy atom. The van der Waals surface area contributed by atoms with Gasteiger partial charge < -0.3 is 14.7 Å². The number of unbranched alkanes of at least 4 members (excludes halogenated alkanes) is 1. The van der Waals surface area contributed by atoms with Crippen molar-refractivity contribution in [2.24, 2.45) is 11.1 Å². The smallest absolute Gasteiger partial charge is 0.146 e. The number of hydrogen-bond donors (Lipinski definition) is 1. The van der Waals surface area contributed by atoms with E-state index in [-0.39, 0.29) is 12.0 Å². The largest absolute Gasteiger partial charge is 0.411 e. The van der Waals surface area contributed by atoms with Crippen LogP contribution in [0.25, 0.3) is 0 Å². The third-order valence-corrected chi connectivity index (χ3v) is 3.20. The highest BCUT2D eigenvalue weighted by Gasteiger charge is 2.30. The molecule has 1 saturated carbocycles. The van der Waals surface area contributed by atoms with Crippen LogP contribution >= 0.6 is 0 Å². The van der Waals surface area contributed by atoms with Gasteiger partial charge in [-0.15, -0.1) is 0 Å². The molecule has 0 heterocycles. The van der Waals surface area contributed by atoms with Gasteiger partial charge in [-0.05, 0) is 25.7 Å². The van der Waals surface area contributed by atoms with Gasteiger partial charge in [-0.2, -0.15) is 0 Å². The number of methoxy groups -OCH3 is 1. The molecule has 1 fully saturated rings. The minimum Gasteiger partial charge on any atom is -0.411 e. The highest BCUT2D eigenvalue weighted by Crippen LogP contribution is 2.29. The van der Waals surface area contributed by atoms with E-state index in [1.54, 1.807) is 7.11 Å². The van der Waals surface area contributed by atoms with E-state index in [1.807, 2.05) is 0 Å². The van der Waals surface area contributed by atoms with E-state index in [0.29, 0.717) is 6.79 Å². The molecule has 0 unspecified atom stereocenters. The maximum Gasteiger partial charge on any atom is 0.146 e. The molecule has 0 spiro atoms. The highest BCUT2D eigenvalue weighted by molar-refractivity contribution is 5.87. The van der Waals surface area contributed by atoms with E-state index in [1.165, 1.54) is 0 Å². The van der Waals surface area contributed by atoms with Gasteiger partial charge in [0.15, 0.2) is 0 Å². The lowest BCUT2D eigenvalue weighted by Crippen LogP contribution is -2.35. The van der Waals surface area contributed by atoms with Crippen molar-refractivity contribution in [1.29, 1.82) is 0 Å². The molecular weight excluding hydrogens is 206 g/mol. The molecule has 0 aromatic rings. The molecule has 1 rings (SSSR count). The monoisotopic (exact) mass is 229 g/mol. The first-order chi connectivity index (χ1) is 7.83. The number of nitrogens with zero attached hydrogens (tertiary/aromatic N) is 1. The van der Waals surface area contributed by atoms with Crippen LogP contribution in [-0.4, -0.2) is 30.9 Å². The molecule has 1 aliphatic carbocycles. The number of oxime groups is 1. The zero-order valence-electron chi connectivity index (χ0n) is 10.3. The lowest BCUT2D eigenvalue weighted by molar-refractivity contribution is -0.0892. The van der Waals surface area contributed by atoms with Crippen LogP contribution in [0.2, 0.25) is 0 Å². The second kappa shape index (κ2) is 7.63. The molecule has 16 heavy (non-hydrogen) atoms. The summed E-state index contributed by atoms with van der Waals surface area (Å²) >= 11 is 0. The van der Waals surface area contributed by atoms with Crippen LogP contribution in [0.15, 0.2) is 5.16 Å². The Morgan fingerprint density at radius 3 is 2.94 bits per heavy atom.